The number of anilines is 1. The zero-order chi connectivity index (χ0) is 18.7. The highest BCUT2D eigenvalue weighted by Crippen LogP contribution is 2.27. The summed E-state index contributed by atoms with van der Waals surface area (Å²) in [5.74, 6) is -0.741. The van der Waals surface area contributed by atoms with Gasteiger partial charge in [0.25, 0.3) is 5.91 Å². The molecule has 2 aromatic heterocycles. The number of carbonyl (C=O) groups is 1. The number of aromatic nitrogens is 3. The van der Waals surface area contributed by atoms with E-state index in [1.54, 1.807) is 5.38 Å². The highest BCUT2D eigenvalue weighted by Gasteiger charge is 2.23. The van der Waals surface area contributed by atoms with E-state index in [0.29, 0.717) is 11.3 Å². The van der Waals surface area contributed by atoms with Crippen LogP contribution in [0.4, 0.5) is 19.6 Å². The third-order valence-electron chi connectivity index (χ3n) is 3.14. The maximum absolute atomic E-state index is 12.1. The van der Waals surface area contributed by atoms with E-state index in [1.165, 1.54) is 24.3 Å². The number of hydrogen-bond acceptors (Lipinski definition) is 7. The maximum Gasteiger partial charge on any atom is 0.387 e. The van der Waals surface area contributed by atoms with Gasteiger partial charge in [0.1, 0.15) is 11.9 Å². The molecule has 0 radical (unpaired) electrons. The minimum absolute atomic E-state index is 0.0130. The molecule has 0 fully saturated rings. The van der Waals surface area contributed by atoms with Crippen LogP contribution in [0.5, 0.6) is 5.75 Å². The number of aromatic amines is 1. The fraction of sp³-hybridized carbons (Fsp3) is 0.0714. The van der Waals surface area contributed by atoms with Crippen LogP contribution in [0.2, 0.25) is 0 Å². The van der Waals surface area contributed by atoms with Crippen LogP contribution in [-0.4, -0.2) is 32.6 Å². The van der Waals surface area contributed by atoms with Gasteiger partial charge in [0, 0.05) is 10.9 Å². The zero-order valence-electron chi connectivity index (χ0n) is 12.7. The topological polar surface area (TPSA) is 123 Å². The molecule has 26 heavy (non-hydrogen) atoms. The molecule has 0 saturated heterocycles. The summed E-state index contributed by atoms with van der Waals surface area (Å²) in [6, 6.07) is 5.82. The second-order valence-corrected chi connectivity index (χ2v) is 5.64. The van der Waals surface area contributed by atoms with Gasteiger partial charge in [-0.3, -0.25) is 25.3 Å². The van der Waals surface area contributed by atoms with Crippen LogP contribution in [0.1, 0.15) is 10.5 Å². The number of nitrogens with zero attached hydrogens (tertiary/aromatic N) is 3. The fourth-order valence-electron chi connectivity index (χ4n) is 2.02. The fourth-order valence-corrected chi connectivity index (χ4v) is 2.73. The predicted octanol–water partition coefficient (Wildman–Crippen LogP) is 3.30. The van der Waals surface area contributed by atoms with E-state index in [1.807, 2.05) is 0 Å². The summed E-state index contributed by atoms with van der Waals surface area (Å²) in [5, 5.41) is 20.8. The van der Waals surface area contributed by atoms with Gasteiger partial charge in [-0.2, -0.15) is 13.9 Å². The zero-order valence-corrected chi connectivity index (χ0v) is 13.5. The molecule has 0 aliphatic rings. The third-order valence-corrected chi connectivity index (χ3v) is 3.90. The van der Waals surface area contributed by atoms with Gasteiger partial charge >= 0.3 is 12.3 Å². The van der Waals surface area contributed by atoms with Gasteiger partial charge in [-0.1, -0.05) is 0 Å². The van der Waals surface area contributed by atoms with E-state index in [9.17, 15) is 23.7 Å². The molecule has 0 aliphatic carbocycles. The molecule has 1 amide bonds. The van der Waals surface area contributed by atoms with Crippen LogP contribution in [0.3, 0.4) is 0 Å². The summed E-state index contributed by atoms with van der Waals surface area (Å²) in [6.45, 7) is -2.91. The number of ether oxygens (including phenoxy) is 1. The normalized spacial score (nSPS) is 10.7. The Morgan fingerprint density at radius 2 is 2.08 bits per heavy atom. The number of rotatable bonds is 6. The van der Waals surface area contributed by atoms with E-state index in [2.05, 4.69) is 25.2 Å². The Morgan fingerprint density at radius 1 is 1.35 bits per heavy atom. The Hall–Kier alpha value is -3.41. The van der Waals surface area contributed by atoms with Crippen molar-refractivity contribution in [3.05, 3.63) is 51.7 Å². The molecular formula is C14H9F2N5O4S. The first kappa shape index (κ1) is 17.4. The summed E-state index contributed by atoms with van der Waals surface area (Å²) in [7, 11) is 0. The van der Waals surface area contributed by atoms with Gasteiger partial charge in [-0.25, -0.2) is 4.98 Å². The summed E-state index contributed by atoms with van der Waals surface area (Å²) in [6.07, 6.45) is 0.936. The predicted molar refractivity (Wildman–Crippen MR) is 87.4 cm³/mol. The maximum atomic E-state index is 12.1. The molecule has 2 N–H and O–H groups in total. The molecule has 0 unspecified atom stereocenters. The van der Waals surface area contributed by atoms with Crippen LogP contribution in [0, 0.1) is 10.1 Å². The van der Waals surface area contributed by atoms with E-state index < -0.39 is 23.1 Å². The summed E-state index contributed by atoms with van der Waals surface area (Å²) in [5.41, 5.74) is 0.373. The first-order valence-electron chi connectivity index (χ1n) is 6.94. The second kappa shape index (κ2) is 7.23. The summed E-state index contributed by atoms with van der Waals surface area (Å²) < 4.78 is 28.5. The Bertz CT molecular complexity index is 941. The molecule has 9 nitrogen and oxygen atoms in total. The average molecular weight is 381 g/mol. The highest BCUT2D eigenvalue weighted by molar-refractivity contribution is 7.14. The third kappa shape index (κ3) is 3.80. The minimum atomic E-state index is -2.91. The van der Waals surface area contributed by atoms with Crippen molar-refractivity contribution in [1.29, 1.82) is 0 Å². The van der Waals surface area contributed by atoms with Gasteiger partial charge in [0.05, 0.1) is 10.6 Å². The summed E-state index contributed by atoms with van der Waals surface area (Å²) in [4.78, 5) is 26.4. The van der Waals surface area contributed by atoms with Gasteiger partial charge in [0.2, 0.25) is 5.69 Å². The lowest BCUT2D eigenvalue weighted by molar-refractivity contribution is -0.385. The molecule has 0 saturated carbocycles. The molecule has 3 rings (SSSR count). The van der Waals surface area contributed by atoms with E-state index in [-0.39, 0.29) is 16.6 Å². The van der Waals surface area contributed by atoms with Crippen LogP contribution in [-0.2, 0) is 0 Å². The first-order valence-corrected chi connectivity index (χ1v) is 7.82. The van der Waals surface area contributed by atoms with Crippen molar-refractivity contribution in [3.63, 3.8) is 0 Å². The number of hydrogen-bond donors (Lipinski definition) is 2. The molecular weight excluding hydrogens is 372 g/mol. The van der Waals surface area contributed by atoms with Gasteiger partial charge in [-0.15, -0.1) is 11.3 Å². The Kier molecular flexibility index (Phi) is 4.84. The van der Waals surface area contributed by atoms with Crippen molar-refractivity contribution in [2.24, 2.45) is 0 Å². The van der Waals surface area contributed by atoms with Crippen molar-refractivity contribution in [2.45, 2.75) is 6.61 Å². The quantitative estimate of drug-likeness (QED) is 0.499. The monoisotopic (exact) mass is 381 g/mol. The molecule has 0 bridgehead atoms. The van der Waals surface area contributed by atoms with E-state index in [0.717, 1.165) is 17.5 Å². The van der Waals surface area contributed by atoms with Crippen LogP contribution < -0.4 is 10.1 Å². The SMILES string of the molecule is O=C(Nc1nc(-c2ccc(OC(F)F)cc2)cs1)c1[nH]ncc1[N+](=O)[O-]. The lowest BCUT2D eigenvalue weighted by Crippen LogP contribution is -2.14. The van der Waals surface area contributed by atoms with Gasteiger partial charge in [-0.05, 0) is 24.3 Å². The molecule has 2 heterocycles. The van der Waals surface area contributed by atoms with Crippen LogP contribution in [0.15, 0.2) is 35.8 Å². The lowest BCUT2D eigenvalue weighted by Gasteiger charge is -2.04. The standard InChI is InChI=1S/C14H9F2N5O4S/c15-13(16)25-8-3-1-7(2-4-8)9-6-26-14(18-9)19-12(22)11-10(21(23)24)5-17-20-11/h1-6,13H,(H,17,20)(H,18,19,22). The number of nitro groups is 1. The Balaban J connectivity index is 1.72. The van der Waals surface area contributed by atoms with Gasteiger partial charge in [0.15, 0.2) is 5.13 Å². The number of nitrogens with one attached hydrogen (secondary N) is 2. The van der Waals surface area contributed by atoms with E-state index >= 15 is 0 Å². The number of benzene rings is 1. The number of carbonyl (C=O) groups excluding carboxylic acids is 1. The molecule has 12 heteroatoms. The van der Waals surface area contributed by atoms with Crippen LogP contribution >= 0.6 is 11.3 Å². The highest BCUT2D eigenvalue weighted by atomic mass is 32.1. The van der Waals surface area contributed by atoms with E-state index in [4.69, 9.17) is 0 Å². The number of amides is 1. The van der Waals surface area contributed by atoms with Crippen molar-refractivity contribution < 1.29 is 23.2 Å². The first-order chi connectivity index (χ1) is 12.4. The lowest BCUT2D eigenvalue weighted by atomic mass is 10.2. The number of thiazole rings is 1. The van der Waals surface area contributed by atoms with Gasteiger partial charge < -0.3 is 4.74 Å². The molecule has 0 aliphatic heterocycles. The van der Waals surface area contributed by atoms with Crippen LogP contribution in [0.25, 0.3) is 11.3 Å². The Labute approximate surface area is 147 Å². The average Bonchev–Trinajstić information content (AvgIpc) is 3.24. The number of halogens is 2. The molecule has 134 valence electrons. The smallest absolute Gasteiger partial charge is 0.387 e. The van der Waals surface area contributed by atoms with Crippen molar-refractivity contribution in [1.82, 2.24) is 15.2 Å². The molecule has 0 spiro atoms. The Morgan fingerprint density at radius 3 is 2.73 bits per heavy atom. The minimum Gasteiger partial charge on any atom is -0.435 e. The number of H-pyrrole nitrogens is 1. The largest absolute Gasteiger partial charge is 0.435 e. The van der Waals surface area contributed by atoms with Crippen molar-refractivity contribution >= 4 is 28.1 Å². The molecule has 0 atom stereocenters. The summed E-state index contributed by atoms with van der Waals surface area (Å²) >= 11 is 1.10. The van der Waals surface area contributed by atoms with Crippen molar-refractivity contribution in [2.75, 3.05) is 5.32 Å². The second-order valence-electron chi connectivity index (χ2n) is 4.78. The molecule has 1 aromatic carbocycles. The number of alkyl halides is 2. The van der Waals surface area contributed by atoms with Crippen molar-refractivity contribution in [3.8, 4) is 17.0 Å². The molecule has 3 aromatic rings.